The van der Waals surface area contributed by atoms with Gasteiger partial charge in [0.05, 0.1) is 0 Å². The van der Waals surface area contributed by atoms with Crippen LogP contribution >= 0.6 is 0 Å². The molecule has 0 radical (unpaired) electrons. The standard InChI is InChI=1S/5H2O.Sr.Ti.2H/h5*1H2;;;;/q;;;;;;+4;;/p-4. The second-order valence-corrected chi connectivity index (χ2v) is 2.47. The molecule has 0 unspecified atom stereocenters. The Morgan fingerprint density at radius 2 is 0.857 bits per heavy atom. The Balaban J connectivity index is -0.0000000800. The van der Waals surface area contributed by atoms with Crippen LogP contribution in [0.4, 0.5) is 0 Å². The molecule has 7 heavy (non-hydrogen) atoms. The van der Waals surface area contributed by atoms with Crippen molar-refractivity contribution in [2.75, 3.05) is 0 Å². The van der Waals surface area contributed by atoms with Gasteiger partial charge in [0.15, 0.2) is 0 Å². The first-order valence-electron chi connectivity index (χ1n) is 0.894. The van der Waals surface area contributed by atoms with E-state index in [-0.39, 0.29) is 51.0 Å². The summed E-state index contributed by atoms with van der Waals surface area (Å²) in [5.74, 6) is 0. The Hall–Kier alpha value is 1.99. The van der Waals surface area contributed by atoms with Gasteiger partial charge in [0, 0.05) is 0 Å². The molecule has 0 saturated heterocycles. The fraction of sp³-hybridized carbons (Fsp3) is 0. The van der Waals surface area contributed by atoms with Gasteiger partial charge in [-0.2, -0.15) is 0 Å². The van der Waals surface area contributed by atoms with Crippen LogP contribution in [0, 0.1) is 0 Å². The topological polar surface area (TPSA) is 112 Å². The van der Waals surface area contributed by atoms with Crippen molar-refractivity contribution in [3.63, 3.8) is 0 Å². The van der Waals surface area contributed by atoms with Crippen molar-refractivity contribution < 1.29 is 38.4 Å². The molecule has 0 aromatic rings. The normalized spacial score (nSPS) is 8.57. The Labute approximate surface area is 82.4 Å². The average molecular weight is 224 g/mol. The molecule has 0 rings (SSSR count). The van der Waals surface area contributed by atoms with Gasteiger partial charge >= 0.3 is 78.4 Å². The van der Waals surface area contributed by atoms with E-state index in [4.69, 9.17) is 14.8 Å². The van der Waals surface area contributed by atoms with Crippen molar-refractivity contribution in [2.24, 2.45) is 0 Å². The van der Waals surface area contributed by atoms with E-state index in [1.54, 1.807) is 0 Å². The molecule has 0 amide bonds. The van der Waals surface area contributed by atoms with Gasteiger partial charge < -0.3 is 5.48 Å². The van der Waals surface area contributed by atoms with E-state index in [1.165, 1.54) is 0 Å². The predicted molar refractivity (Wildman–Crippen MR) is 21.0 cm³/mol. The molecular weight excluding hydrogens is 215 g/mol. The Kier molecular flexibility index (Phi) is 14.0. The molecule has 7 heteroatoms. The molecule has 44 valence electrons. The van der Waals surface area contributed by atoms with E-state index in [0.29, 0.717) is 0 Å². The number of hydrogen-bond donors (Lipinski definition) is 4. The summed E-state index contributed by atoms with van der Waals surface area (Å²) in [6.45, 7) is 0. The molecule has 0 bridgehead atoms. The van der Waals surface area contributed by atoms with Crippen molar-refractivity contribution in [1.29, 1.82) is 0 Å². The van der Waals surface area contributed by atoms with Crippen LogP contribution < -0.4 is 0 Å². The SMILES string of the molecule is O.[OH][Ti]([OH])([OH])[OH].[SrH2]. The Morgan fingerprint density at radius 3 is 0.857 bits per heavy atom. The van der Waals surface area contributed by atoms with Gasteiger partial charge in [0.2, 0.25) is 0 Å². The minimum absolute atomic E-state index is 0. The summed E-state index contributed by atoms with van der Waals surface area (Å²) < 4.78 is 29.5. The monoisotopic (exact) mass is 224 g/mol. The summed E-state index contributed by atoms with van der Waals surface area (Å²) in [7, 11) is 0. The van der Waals surface area contributed by atoms with Crippen molar-refractivity contribution in [1.82, 2.24) is 0 Å². The van der Waals surface area contributed by atoms with Gasteiger partial charge in [-0.05, 0) is 0 Å². The van der Waals surface area contributed by atoms with Crippen LogP contribution in [-0.2, 0) is 18.1 Å². The first-order valence-corrected chi connectivity index (χ1v) is 3.69. The third kappa shape index (κ3) is 72.2. The van der Waals surface area contributed by atoms with Crippen molar-refractivity contribution in [3.05, 3.63) is 0 Å². The fourth-order valence-corrected chi connectivity index (χ4v) is 0. The molecule has 0 fully saturated rings. The zero-order valence-corrected chi connectivity index (χ0v) is 4.35. The van der Waals surface area contributed by atoms with Crippen LogP contribution in [-0.4, -0.2) is 65.7 Å². The Morgan fingerprint density at radius 1 is 0.857 bits per heavy atom. The quantitative estimate of drug-likeness (QED) is 0.314. The van der Waals surface area contributed by atoms with E-state index < -0.39 is 18.1 Å². The molecule has 6 N–H and O–H groups in total. The zero-order valence-electron chi connectivity index (χ0n) is 2.79. The number of rotatable bonds is 0. The second kappa shape index (κ2) is 6.12. The molecule has 0 heterocycles. The van der Waals surface area contributed by atoms with E-state index in [9.17, 15) is 0 Å². The van der Waals surface area contributed by atoms with Crippen LogP contribution in [0.5, 0.6) is 0 Å². The van der Waals surface area contributed by atoms with Crippen LogP contribution in [0.2, 0.25) is 0 Å². The van der Waals surface area contributed by atoms with E-state index in [0.717, 1.165) is 0 Å². The summed E-state index contributed by atoms with van der Waals surface area (Å²) >= 11 is -5.00. The first kappa shape index (κ1) is 16.0. The third-order valence-corrected chi connectivity index (χ3v) is 0. The molecule has 0 aromatic heterocycles. The third-order valence-electron chi connectivity index (χ3n) is 0. The molecule has 0 aliphatic carbocycles. The molecule has 0 spiro atoms. The second-order valence-electron chi connectivity index (χ2n) is 0.600. The summed E-state index contributed by atoms with van der Waals surface area (Å²) in [5.41, 5.74) is 0. The summed E-state index contributed by atoms with van der Waals surface area (Å²) in [6, 6.07) is 0. The maximum absolute atomic E-state index is 7.38. The van der Waals surface area contributed by atoms with Gasteiger partial charge in [-0.15, -0.1) is 0 Å². The average Bonchev–Trinajstić information content (AvgIpc) is 0.722. The molecule has 5 nitrogen and oxygen atoms in total. The number of hydrogen-bond acceptors (Lipinski definition) is 4. The zero-order chi connectivity index (χ0) is 4.50. The summed E-state index contributed by atoms with van der Waals surface area (Å²) in [6.07, 6.45) is 0. The van der Waals surface area contributed by atoms with Gasteiger partial charge in [-0.25, -0.2) is 0 Å². The van der Waals surface area contributed by atoms with E-state index >= 15 is 0 Å². The molecule has 0 atom stereocenters. The summed E-state index contributed by atoms with van der Waals surface area (Å²) in [5, 5.41) is 0. The fourth-order valence-electron chi connectivity index (χ4n) is 0. The maximum atomic E-state index is 7.38. The van der Waals surface area contributed by atoms with E-state index in [2.05, 4.69) is 0 Å². The molecule has 0 aromatic carbocycles. The van der Waals surface area contributed by atoms with Gasteiger partial charge in [-0.3, -0.25) is 0 Å². The van der Waals surface area contributed by atoms with Crippen LogP contribution in [0.3, 0.4) is 0 Å². The van der Waals surface area contributed by atoms with Gasteiger partial charge in [-0.1, -0.05) is 0 Å². The molecule has 0 aliphatic heterocycles. The molecular formula is H8O5SrTi. The van der Waals surface area contributed by atoms with Crippen LogP contribution in [0.1, 0.15) is 0 Å². The molecule has 0 aliphatic rings. The van der Waals surface area contributed by atoms with Crippen LogP contribution in [0.15, 0.2) is 0 Å². The van der Waals surface area contributed by atoms with Crippen LogP contribution in [0.25, 0.3) is 0 Å². The van der Waals surface area contributed by atoms with Gasteiger partial charge in [0.25, 0.3) is 0 Å². The van der Waals surface area contributed by atoms with Crippen molar-refractivity contribution >= 4 is 45.5 Å². The summed E-state index contributed by atoms with van der Waals surface area (Å²) in [4.78, 5) is 0. The van der Waals surface area contributed by atoms with Crippen molar-refractivity contribution in [2.45, 2.75) is 0 Å². The van der Waals surface area contributed by atoms with Gasteiger partial charge in [0.1, 0.15) is 0 Å². The van der Waals surface area contributed by atoms with Crippen molar-refractivity contribution in [3.8, 4) is 0 Å². The first-order chi connectivity index (χ1) is 2.00. The minimum atomic E-state index is -5.00. The Bertz CT molecular complexity index is 23.6. The predicted octanol–water partition coefficient (Wildman–Crippen LogP) is -3.97. The molecule has 0 saturated carbocycles. The van der Waals surface area contributed by atoms with E-state index in [1.807, 2.05) is 0 Å².